The molecule has 1 unspecified atom stereocenters. The number of carbonyl (C=O) groups excluding carboxylic acids is 1. The molecule has 0 aliphatic carbocycles. The van der Waals surface area contributed by atoms with Crippen LogP contribution in [0.25, 0.3) is 0 Å². The number of carbonyl (C=O) groups is 1. The summed E-state index contributed by atoms with van der Waals surface area (Å²) in [7, 11) is 1.75. The molecule has 2 aliphatic rings. The molecule has 210 valence electrons. The van der Waals surface area contributed by atoms with Crippen molar-refractivity contribution in [2.45, 2.75) is 76.2 Å². The van der Waals surface area contributed by atoms with Crippen molar-refractivity contribution in [3.05, 3.63) is 11.9 Å². The minimum Gasteiger partial charge on any atom is -0.414 e. The van der Waals surface area contributed by atoms with E-state index < -0.39 is 32.9 Å². The molecule has 9 nitrogen and oxygen atoms in total. The highest BCUT2D eigenvalue weighted by Gasteiger charge is 2.42. The van der Waals surface area contributed by atoms with Gasteiger partial charge in [-0.2, -0.15) is 13.2 Å². The van der Waals surface area contributed by atoms with Crippen molar-refractivity contribution >= 4 is 32.2 Å². The number of hydrogen-bond donors (Lipinski definition) is 1. The molecule has 38 heavy (non-hydrogen) atoms. The first kappa shape index (κ1) is 29.9. The lowest BCUT2D eigenvalue weighted by molar-refractivity contribution is -0.173. The van der Waals surface area contributed by atoms with Crippen molar-refractivity contribution in [3.8, 4) is 11.8 Å². The molecule has 0 radical (unpaired) electrons. The van der Waals surface area contributed by atoms with Gasteiger partial charge >= 0.3 is 12.1 Å². The van der Waals surface area contributed by atoms with E-state index in [0.29, 0.717) is 30.4 Å². The maximum Gasteiger partial charge on any atom is 0.471 e. The van der Waals surface area contributed by atoms with Crippen LogP contribution in [0, 0.1) is 11.8 Å². The zero-order valence-electron chi connectivity index (χ0n) is 23.0. The molecule has 1 N–H and O–H groups in total. The van der Waals surface area contributed by atoms with E-state index in [-0.39, 0.29) is 17.4 Å². The second kappa shape index (κ2) is 11.6. The molecule has 3 heterocycles. The van der Waals surface area contributed by atoms with Gasteiger partial charge in [0.25, 0.3) is 0 Å². The van der Waals surface area contributed by atoms with E-state index in [0.717, 1.165) is 12.8 Å². The van der Waals surface area contributed by atoms with Gasteiger partial charge in [0.05, 0.1) is 37.1 Å². The predicted molar refractivity (Wildman–Crippen MR) is 142 cm³/mol. The monoisotopic (exact) mass is 554 g/mol. The molecule has 1 saturated heterocycles. The van der Waals surface area contributed by atoms with Gasteiger partial charge in [-0.3, -0.25) is 4.79 Å². The lowest BCUT2D eigenvalue weighted by Gasteiger charge is -2.37. The van der Waals surface area contributed by atoms with Crippen LogP contribution in [0.3, 0.4) is 0 Å². The van der Waals surface area contributed by atoms with Gasteiger partial charge in [0.2, 0.25) is 0 Å². The quantitative estimate of drug-likeness (QED) is 0.237. The summed E-state index contributed by atoms with van der Waals surface area (Å²) in [6, 6.07) is 0. The van der Waals surface area contributed by atoms with Crippen LogP contribution >= 0.6 is 0 Å². The Labute approximate surface area is 223 Å². The fourth-order valence-corrected chi connectivity index (χ4v) is 4.93. The number of nitrogens with zero attached hydrogens (tertiary/aromatic N) is 5. The average Bonchev–Trinajstić information content (AvgIpc) is 3.42. The van der Waals surface area contributed by atoms with Crippen molar-refractivity contribution in [1.82, 2.24) is 20.2 Å². The van der Waals surface area contributed by atoms with Gasteiger partial charge in [-0.15, -0.1) is 0 Å². The van der Waals surface area contributed by atoms with Crippen molar-refractivity contribution < 1.29 is 27.1 Å². The third kappa shape index (κ3) is 7.24. The summed E-state index contributed by atoms with van der Waals surface area (Å²) in [6.45, 7) is 11.5. The number of aliphatic imine (C=N–C) groups is 1. The predicted octanol–water partition coefficient (Wildman–Crippen LogP) is 3.81. The Balaban J connectivity index is 1.77. The lowest BCUT2D eigenvalue weighted by Crippen LogP contribution is -2.43. The molecule has 3 atom stereocenters. The summed E-state index contributed by atoms with van der Waals surface area (Å²) < 4.78 is 50.2. The summed E-state index contributed by atoms with van der Waals surface area (Å²) in [5.41, 5.74) is 0.685. The van der Waals surface area contributed by atoms with Gasteiger partial charge in [0, 0.05) is 20.6 Å². The van der Waals surface area contributed by atoms with E-state index >= 15 is 0 Å². The number of aromatic nitrogens is 2. The van der Waals surface area contributed by atoms with E-state index in [1.807, 2.05) is 19.0 Å². The maximum absolute atomic E-state index is 12.5. The van der Waals surface area contributed by atoms with Gasteiger partial charge in [0.15, 0.2) is 14.1 Å². The van der Waals surface area contributed by atoms with E-state index in [4.69, 9.17) is 9.16 Å². The molecule has 13 heteroatoms. The number of rotatable bonds is 7. The van der Waals surface area contributed by atoms with Crippen LogP contribution in [0.1, 0.15) is 45.1 Å². The van der Waals surface area contributed by atoms with Gasteiger partial charge in [-0.25, -0.2) is 15.0 Å². The number of fused-ring (bicyclic) bond motifs is 1. The Kier molecular flexibility index (Phi) is 9.11. The van der Waals surface area contributed by atoms with Gasteiger partial charge in [-0.05, 0) is 31.0 Å². The minimum absolute atomic E-state index is 0.0478. The molecule has 1 aromatic rings. The number of amides is 1. The highest BCUT2D eigenvalue weighted by atomic mass is 28.4. The first-order chi connectivity index (χ1) is 17.6. The first-order valence-electron chi connectivity index (χ1n) is 12.5. The Morgan fingerprint density at radius 1 is 1.32 bits per heavy atom. The summed E-state index contributed by atoms with van der Waals surface area (Å²) in [5, 5.41) is 1.88. The van der Waals surface area contributed by atoms with E-state index in [9.17, 15) is 18.0 Å². The molecule has 1 amide bonds. The van der Waals surface area contributed by atoms with Crippen LogP contribution in [0.15, 0.2) is 11.3 Å². The topological polar surface area (TPSA) is 92.2 Å². The number of alkyl halides is 3. The second-order valence-corrected chi connectivity index (χ2v) is 16.0. The molecule has 3 rings (SSSR count). The largest absolute Gasteiger partial charge is 0.471 e. The van der Waals surface area contributed by atoms with Gasteiger partial charge in [-0.1, -0.05) is 32.6 Å². The third-order valence-electron chi connectivity index (χ3n) is 6.99. The number of anilines is 1. The van der Waals surface area contributed by atoms with Crippen molar-refractivity contribution in [2.24, 2.45) is 4.99 Å². The average molecular weight is 555 g/mol. The van der Waals surface area contributed by atoms with Crippen LogP contribution < -0.4 is 10.2 Å². The Morgan fingerprint density at radius 2 is 2.03 bits per heavy atom. The zero-order chi connectivity index (χ0) is 28.3. The molecule has 0 spiro atoms. The van der Waals surface area contributed by atoms with E-state index in [1.54, 1.807) is 16.6 Å². The minimum atomic E-state index is -4.95. The fraction of sp³-hybridized carbons (Fsp3) is 0.680. The maximum atomic E-state index is 12.5. The molecule has 1 aromatic heterocycles. The highest BCUT2D eigenvalue weighted by molar-refractivity contribution is 6.74. The van der Waals surface area contributed by atoms with Crippen LogP contribution in [0.2, 0.25) is 18.1 Å². The zero-order valence-corrected chi connectivity index (χ0v) is 24.0. The number of hydrogen-bond acceptors (Lipinski definition) is 7. The van der Waals surface area contributed by atoms with Crippen LogP contribution in [0.4, 0.5) is 24.8 Å². The molecule has 0 saturated carbocycles. The highest BCUT2D eigenvalue weighted by Crippen LogP contribution is 2.43. The van der Waals surface area contributed by atoms with Crippen molar-refractivity contribution in [2.75, 3.05) is 38.7 Å². The lowest BCUT2D eigenvalue weighted by atomic mass is 10.0. The molecule has 1 fully saturated rings. The summed E-state index contributed by atoms with van der Waals surface area (Å²) >= 11 is 0. The Hall–Kier alpha value is -2.69. The summed E-state index contributed by atoms with van der Waals surface area (Å²) in [5.74, 6) is 4.26. The normalized spacial score (nSPS) is 21.8. The summed E-state index contributed by atoms with van der Waals surface area (Å²) in [4.78, 5) is 28.1. The fourth-order valence-electron chi connectivity index (χ4n) is 3.89. The third-order valence-corrected chi connectivity index (χ3v) is 11.5. The standard InChI is InChI=1S/C25H37F3N6O3Si/c1-24(2,3)38(6,7)36-14-18-10-11-19(37-18)34-13-17(9-8-12-29-23(35)25(26,27)28)20-21(32-16-33(4)5)30-15-31-22(20)34/h15-19H,10-14H2,1-7H3,(H,29,35)/b32-16+/t17?,18-,19+/m0/s1. The van der Waals surface area contributed by atoms with Crippen LogP contribution in [-0.2, 0) is 14.0 Å². The Morgan fingerprint density at radius 3 is 2.66 bits per heavy atom. The molecule has 0 bridgehead atoms. The number of nitrogens with one attached hydrogen (secondary N) is 1. The van der Waals surface area contributed by atoms with Crippen molar-refractivity contribution in [1.29, 1.82) is 0 Å². The molecular formula is C25H37F3N6O3Si. The molecular weight excluding hydrogens is 517 g/mol. The SMILES string of the molecule is CN(C)/C=N/c1ncnc2c1C(C#CCNC(=O)C(F)(F)F)CN2[C@H]1CC[C@@H](CO[Si](C)(C)C(C)(C)C)O1. The first-order valence-corrected chi connectivity index (χ1v) is 15.5. The number of ether oxygens (including phenoxy) is 1. The second-order valence-electron chi connectivity index (χ2n) is 11.2. The van der Waals surface area contributed by atoms with E-state index in [2.05, 4.69) is 60.7 Å². The van der Waals surface area contributed by atoms with Crippen LogP contribution in [-0.4, -0.2) is 87.7 Å². The van der Waals surface area contributed by atoms with Crippen molar-refractivity contribution in [3.63, 3.8) is 0 Å². The summed E-state index contributed by atoms with van der Waals surface area (Å²) in [6.07, 6.45) is -0.604. The molecule has 2 aliphatic heterocycles. The van der Waals surface area contributed by atoms with Crippen LogP contribution in [0.5, 0.6) is 0 Å². The molecule has 0 aromatic carbocycles. The van der Waals surface area contributed by atoms with Gasteiger partial charge in [0.1, 0.15) is 18.4 Å². The number of halogens is 3. The Bertz CT molecular complexity index is 1090. The van der Waals surface area contributed by atoms with E-state index in [1.165, 1.54) is 6.33 Å². The van der Waals surface area contributed by atoms with Gasteiger partial charge < -0.3 is 24.3 Å². The smallest absolute Gasteiger partial charge is 0.414 e.